The van der Waals surface area contributed by atoms with E-state index in [1.807, 2.05) is 91.9 Å². The zero-order chi connectivity index (χ0) is 19.3. The van der Waals surface area contributed by atoms with E-state index in [2.05, 4.69) is 6.07 Å². The molecule has 0 radical (unpaired) electrons. The lowest BCUT2D eigenvalue weighted by Gasteiger charge is -2.36. The molecule has 2 atom stereocenters. The average molecular weight is 394 g/mol. The second-order valence-corrected chi connectivity index (χ2v) is 8.70. The maximum atomic E-state index is 13.4. The van der Waals surface area contributed by atoms with Gasteiger partial charge in [0.25, 0.3) is 0 Å². The zero-order valence-corrected chi connectivity index (χ0v) is 16.6. The maximum Gasteiger partial charge on any atom is 0.128 e. The molecule has 0 N–H and O–H groups in total. The van der Waals surface area contributed by atoms with Crippen LogP contribution in [0.5, 0.6) is 0 Å². The van der Waals surface area contributed by atoms with Gasteiger partial charge in [0, 0.05) is 4.90 Å². The Kier molecular flexibility index (Phi) is 6.11. The molecule has 0 spiro atoms. The first kappa shape index (κ1) is 19.4. The summed E-state index contributed by atoms with van der Waals surface area (Å²) in [6, 6.07) is 29.1. The first-order valence-electron chi connectivity index (χ1n) is 8.69. The van der Waals surface area contributed by atoms with Gasteiger partial charge < -0.3 is 0 Å². The summed E-state index contributed by atoms with van der Waals surface area (Å²) >= 11 is 6.92. The van der Waals surface area contributed by atoms with Crippen molar-refractivity contribution in [3.63, 3.8) is 0 Å². The average Bonchev–Trinajstić information content (AvgIpc) is 2.73. The first-order chi connectivity index (χ1) is 13.1. The van der Waals surface area contributed by atoms with E-state index in [1.54, 1.807) is 0 Å². The molecule has 0 saturated heterocycles. The topological polar surface area (TPSA) is 40.9 Å². The van der Waals surface area contributed by atoms with Crippen molar-refractivity contribution in [1.29, 1.82) is 5.26 Å². The van der Waals surface area contributed by atoms with Gasteiger partial charge in [0.1, 0.15) is 4.71 Å². The highest BCUT2D eigenvalue weighted by molar-refractivity contribution is 7.87. The molecular formula is C23H20ClNOS. The molecule has 4 heteroatoms. The molecule has 3 aromatic carbocycles. The number of hydrogen-bond acceptors (Lipinski definition) is 2. The Morgan fingerprint density at radius 3 is 1.85 bits per heavy atom. The summed E-state index contributed by atoms with van der Waals surface area (Å²) in [5.74, 6) is 0. The van der Waals surface area contributed by atoms with E-state index in [4.69, 9.17) is 11.6 Å². The van der Waals surface area contributed by atoms with E-state index in [9.17, 15) is 9.47 Å². The van der Waals surface area contributed by atoms with Crippen LogP contribution >= 0.6 is 11.6 Å². The van der Waals surface area contributed by atoms with Gasteiger partial charge in [0.15, 0.2) is 0 Å². The van der Waals surface area contributed by atoms with Gasteiger partial charge in [0.2, 0.25) is 0 Å². The third kappa shape index (κ3) is 3.83. The van der Waals surface area contributed by atoms with Gasteiger partial charge in [0.05, 0.1) is 28.7 Å². The Labute approximate surface area is 167 Å². The van der Waals surface area contributed by atoms with Crippen molar-refractivity contribution in [2.24, 2.45) is 0 Å². The molecule has 0 heterocycles. The van der Waals surface area contributed by atoms with E-state index in [-0.39, 0.29) is 6.42 Å². The number of benzene rings is 3. The van der Waals surface area contributed by atoms with Gasteiger partial charge in [-0.1, -0.05) is 78.4 Å². The fourth-order valence-corrected chi connectivity index (χ4v) is 5.29. The summed E-state index contributed by atoms with van der Waals surface area (Å²) in [7, 11) is -1.49. The summed E-state index contributed by atoms with van der Waals surface area (Å²) in [4.78, 5) is 0.662. The number of halogens is 1. The van der Waals surface area contributed by atoms with Crippen LogP contribution in [0.15, 0.2) is 89.8 Å². The van der Waals surface area contributed by atoms with Crippen LogP contribution in [0.4, 0.5) is 0 Å². The molecule has 3 aromatic rings. The number of nitriles is 1. The van der Waals surface area contributed by atoms with Crippen LogP contribution in [-0.4, -0.2) is 8.92 Å². The molecule has 3 rings (SSSR count). The molecule has 0 bridgehead atoms. The summed E-state index contributed by atoms with van der Waals surface area (Å²) in [6.07, 6.45) is 0.132. The van der Waals surface area contributed by atoms with Gasteiger partial charge in [-0.25, -0.2) is 0 Å². The lowest BCUT2D eigenvalue weighted by molar-refractivity contribution is 0.557. The van der Waals surface area contributed by atoms with Crippen LogP contribution in [0.2, 0.25) is 0 Å². The molecule has 0 fully saturated rings. The van der Waals surface area contributed by atoms with E-state index >= 15 is 0 Å². The van der Waals surface area contributed by atoms with Gasteiger partial charge in [-0.3, -0.25) is 4.21 Å². The van der Waals surface area contributed by atoms with Crippen molar-refractivity contribution < 1.29 is 4.21 Å². The minimum Gasteiger partial charge on any atom is -0.253 e. The van der Waals surface area contributed by atoms with E-state index < -0.39 is 20.9 Å². The van der Waals surface area contributed by atoms with Crippen molar-refractivity contribution in [3.05, 3.63) is 102 Å². The van der Waals surface area contributed by atoms with Crippen LogP contribution in [0, 0.1) is 18.3 Å². The van der Waals surface area contributed by atoms with E-state index in [0.717, 1.165) is 16.7 Å². The van der Waals surface area contributed by atoms with Crippen molar-refractivity contribution >= 4 is 22.4 Å². The number of aryl methyl sites for hydroxylation is 1. The standard InChI is InChI=1S/C23H20ClNOS/c1-18-12-14-21(15-13-18)27(26)22(24)23(16-17-25,19-8-4-2-5-9-19)20-10-6-3-7-11-20/h2-15,22H,16H2,1H3. The molecule has 0 amide bonds. The second-order valence-electron chi connectivity index (χ2n) is 6.46. The largest absolute Gasteiger partial charge is 0.253 e. The fraction of sp³-hybridized carbons (Fsp3) is 0.174. The highest BCUT2D eigenvalue weighted by Crippen LogP contribution is 2.44. The highest BCUT2D eigenvalue weighted by Gasteiger charge is 2.44. The molecule has 2 nitrogen and oxygen atoms in total. The number of nitrogens with zero attached hydrogens (tertiary/aromatic N) is 1. The highest BCUT2D eigenvalue weighted by atomic mass is 35.5. The second kappa shape index (κ2) is 8.52. The monoisotopic (exact) mass is 393 g/mol. The zero-order valence-electron chi connectivity index (χ0n) is 15.0. The molecular weight excluding hydrogens is 374 g/mol. The van der Waals surface area contributed by atoms with E-state index in [1.165, 1.54) is 0 Å². The molecule has 2 unspecified atom stereocenters. The summed E-state index contributed by atoms with van der Waals surface area (Å²) in [5.41, 5.74) is 1.99. The molecule has 0 aliphatic rings. The Bertz CT molecular complexity index is 910. The van der Waals surface area contributed by atoms with Crippen LogP contribution in [0.3, 0.4) is 0 Å². The molecule has 0 aliphatic heterocycles. The van der Waals surface area contributed by atoms with Gasteiger partial charge in [-0.15, -0.1) is 11.6 Å². The predicted octanol–water partition coefficient (Wildman–Crippen LogP) is 5.57. The first-order valence-corrected chi connectivity index (χ1v) is 10.3. The molecule has 136 valence electrons. The molecule has 0 aliphatic carbocycles. The lowest BCUT2D eigenvalue weighted by Crippen LogP contribution is -2.40. The normalized spacial score (nSPS) is 13.5. The van der Waals surface area contributed by atoms with Crippen molar-refractivity contribution in [3.8, 4) is 6.07 Å². The van der Waals surface area contributed by atoms with Gasteiger partial charge in [-0.2, -0.15) is 5.26 Å². The van der Waals surface area contributed by atoms with Crippen molar-refractivity contribution in [2.75, 3.05) is 0 Å². The Morgan fingerprint density at radius 2 is 1.41 bits per heavy atom. The third-order valence-electron chi connectivity index (χ3n) is 4.76. The van der Waals surface area contributed by atoms with Crippen molar-refractivity contribution in [2.45, 2.75) is 28.4 Å². The van der Waals surface area contributed by atoms with Gasteiger partial charge in [-0.05, 0) is 30.2 Å². The van der Waals surface area contributed by atoms with Crippen LogP contribution in [0.25, 0.3) is 0 Å². The SMILES string of the molecule is Cc1ccc(S(=O)C(Cl)C(CC#N)(c2ccccc2)c2ccccc2)cc1. The predicted molar refractivity (Wildman–Crippen MR) is 111 cm³/mol. The third-order valence-corrected chi connectivity index (χ3v) is 7.14. The Hall–Kier alpha value is -2.41. The Morgan fingerprint density at radius 1 is 0.926 bits per heavy atom. The van der Waals surface area contributed by atoms with Crippen LogP contribution in [0.1, 0.15) is 23.1 Å². The quantitative estimate of drug-likeness (QED) is 0.514. The number of rotatable bonds is 6. The van der Waals surface area contributed by atoms with Crippen LogP contribution in [-0.2, 0) is 16.2 Å². The molecule has 0 aromatic heterocycles. The maximum absolute atomic E-state index is 13.4. The smallest absolute Gasteiger partial charge is 0.128 e. The number of alkyl halides is 1. The fourth-order valence-electron chi connectivity index (χ4n) is 3.28. The van der Waals surface area contributed by atoms with Crippen molar-refractivity contribution in [1.82, 2.24) is 0 Å². The van der Waals surface area contributed by atoms with E-state index in [0.29, 0.717) is 4.90 Å². The molecule has 27 heavy (non-hydrogen) atoms. The summed E-state index contributed by atoms with van der Waals surface area (Å²) < 4.78 is 12.6. The Balaban J connectivity index is 2.18. The summed E-state index contributed by atoms with van der Waals surface area (Å²) in [6.45, 7) is 1.98. The minimum atomic E-state index is -1.49. The summed E-state index contributed by atoms with van der Waals surface area (Å²) in [5, 5.41) is 9.65. The van der Waals surface area contributed by atoms with Gasteiger partial charge >= 0.3 is 0 Å². The minimum absolute atomic E-state index is 0.132. The molecule has 0 saturated carbocycles. The number of hydrogen-bond donors (Lipinski definition) is 0. The lowest BCUT2D eigenvalue weighted by atomic mass is 9.73. The van der Waals surface area contributed by atoms with Crippen LogP contribution < -0.4 is 0 Å².